The van der Waals surface area contributed by atoms with Crippen molar-refractivity contribution in [1.82, 2.24) is 0 Å². The van der Waals surface area contributed by atoms with Gasteiger partial charge in [0.2, 0.25) is 0 Å². The van der Waals surface area contributed by atoms with Crippen LogP contribution in [-0.4, -0.2) is 19.5 Å². The van der Waals surface area contributed by atoms with Crippen molar-refractivity contribution in [2.75, 3.05) is 13.2 Å². The van der Waals surface area contributed by atoms with Crippen molar-refractivity contribution < 1.29 is 14.3 Å². The largest absolute Gasteiger partial charge is 0.490 e. The molecule has 22 heavy (non-hydrogen) atoms. The Bertz CT molecular complexity index is 686. The van der Waals surface area contributed by atoms with E-state index in [9.17, 15) is 4.79 Å². The Morgan fingerprint density at radius 1 is 1.14 bits per heavy atom. The van der Waals surface area contributed by atoms with Crippen LogP contribution >= 0.6 is 27.5 Å². The van der Waals surface area contributed by atoms with E-state index in [1.165, 1.54) is 0 Å². The molecule has 3 nitrogen and oxygen atoms in total. The van der Waals surface area contributed by atoms with Crippen LogP contribution in [0.15, 0.2) is 34.8 Å². The highest BCUT2D eigenvalue weighted by Crippen LogP contribution is 2.31. The molecule has 5 heteroatoms. The second kappa shape index (κ2) is 7.65. The molecule has 0 bridgehead atoms. The van der Waals surface area contributed by atoms with Crippen molar-refractivity contribution >= 4 is 33.8 Å². The summed E-state index contributed by atoms with van der Waals surface area (Å²) in [5.74, 6) is 1.32. The molecule has 0 spiro atoms. The van der Waals surface area contributed by atoms with E-state index in [0.29, 0.717) is 34.0 Å². The predicted molar refractivity (Wildman–Crippen MR) is 91.4 cm³/mol. The fourth-order valence-corrected chi connectivity index (χ4v) is 2.93. The molecule has 0 saturated carbocycles. The van der Waals surface area contributed by atoms with Gasteiger partial charge < -0.3 is 9.47 Å². The van der Waals surface area contributed by atoms with Gasteiger partial charge in [0, 0.05) is 5.02 Å². The normalized spacial score (nSPS) is 10.4. The van der Waals surface area contributed by atoms with Gasteiger partial charge in [-0.05, 0) is 59.1 Å². The molecule has 2 aromatic rings. The molecule has 0 aliphatic heterocycles. The lowest BCUT2D eigenvalue weighted by atomic mass is 10.1. The summed E-state index contributed by atoms with van der Waals surface area (Å²) in [6.07, 6.45) is 0.720. The van der Waals surface area contributed by atoms with Crippen LogP contribution in [0.5, 0.6) is 11.5 Å². The second-order valence-corrected chi connectivity index (χ2v) is 6.18. The first-order valence-electron chi connectivity index (χ1n) is 6.78. The van der Waals surface area contributed by atoms with Crippen LogP contribution in [0.3, 0.4) is 0 Å². The van der Waals surface area contributed by atoms with Crippen LogP contribution in [0, 0.1) is 13.8 Å². The van der Waals surface area contributed by atoms with Crippen molar-refractivity contribution in [2.24, 2.45) is 0 Å². The standard InChI is InChI=1S/C17H16BrClO3/c1-11-3-4-12(2)16(7-11)21-5-6-22-17-13(10-20)8-14(19)9-15(17)18/h3-4,7-10H,5-6H2,1-2H3. The number of aryl methyl sites for hydroxylation is 2. The van der Waals surface area contributed by atoms with Crippen LogP contribution < -0.4 is 9.47 Å². The summed E-state index contributed by atoms with van der Waals surface area (Å²) >= 11 is 9.25. The molecule has 0 radical (unpaired) electrons. The van der Waals surface area contributed by atoms with Crippen molar-refractivity contribution in [3.63, 3.8) is 0 Å². The maximum Gasteiger partial charge on any atom is 0.153 e. The summed E-state index contributed by atoms with van der Waals surface area (Å²) in [5, 5.41) is 0.480. The van der Waals surface area contributed by atoms with Crippen molar-refractivity contribution in [3.05, 3.63) is 56.5 Å². The zero-order valence-corrected chi connectivity index (χ0v) is 14.7. The van der Waals surface area contributed by atoms with Crippen LogP contribution in [-0.2, 0) is 0 Å². The molecule has 2 aromatic carbocycles. The van der Waals surface area contributed by atoms with Crippen molar-refractivity contribution in [2.45, 2.75) is 13.8 Å². The van der Waals surface area contributed by atoms with E-state index in [1.54, 1.807) is 12.1 Å². The van der Waals surface area contributed by atoms with Gasteiger partial charge in [0.05, 0.1) is 10.0 Å². The number of benzene rings is 2. The number of rotatable bonds is 6. The molecule has 0 unspecified atom stereocenters. The second-order valence-electron chi connectivity index (χ2n) is 4.89. The molecule has 0 atom stereocenters. The molecule has 0 aliphatic rings. The van der Waals surface area contributed by atoms with E-state index in [4.69, 9.17) is 21.1 Å². The third kappa shape index (κ3) is 4.24. The molecular weight excluding hydrogens is 368 g/mol. The summed E-state index contributed by atoms with van der Waals surface area (Å²) in [6, 6.07) is 9.31. The molecule has 116 valence electrons. The van der Waals surface area contributed by atoms with E-state index in [-0.39, 0.29) is 0 Å². The minimum Gasteiger partial charge on any atom is -0.490 e. The first-order valence-corrected chi connectivity index (χ1v) is 7.95. The number of halogens is 2. The highest BCUT2D eigenvalue weighted by atomic mass is 79.9. The Morgan fingerprint density at radius 3 is 2.59 bits per heavy atom. The van der Waals surface area contributed by atoms with Crippen LogP contribution in [0.4, 0.5) is 0 Å². The van der Waals surface area contributed by atoms with Gasteiger partial charge in [-0.2, -0.15) is 0 Å². The average molecular weight is 384 g/mol. The molecule has 0 aliphatic carbocycles. The van der Waals surface area contributed by atoms with Crippen molar-refractivity contribution in [3.8, 4) is 11.5 Å². The van der Waals surface area contributed by atoms with Gasteiger partial charge in [0.1, 0.15) is 24.7 Å². The monoisotopic (exact) mass is 382 g/mol. The predicted octanol–water partition coefficient (Wildman–Crippen LogP) is 4.99. The lowest BCUT2D eigenvalue weighted by Gasteiger charge is -2.13. The fourth-order valence-electron chi connectivity index (χ4n) is 1.98. The Balaban J connectivity index is 1.97. The molecule has 0 heterocycles. The third-order valence-corrected chi connectivity index (χ3v) is 3.90. The molecule has 0 fully saturated rings. The summed E-state index contributed by atoms with van der Waals surface area (Å²) < 4.78 is 12.0. The first kappa shape index (κ1) is 16.8. The number of carbonyl (C=O) groups is 1. The summed E-state index contributed by atoms with van der Waals surface area (Å²) in [4.78, 5) is 11.1. The Labute approximate surface area is 143 Å². The smallest absolute Gasteiger partial charge is 0.153 e. The van der Waals surface area contributed by atoms with Gasteiger partial charge in [-0.3, -0.25) is 4.79 Å². The van der Waals surface area contributed by atoms with E-state index >= 15 is 0 Å². The molecule has 2 rings (SSSR count). The number of hydrogen-bond acceptors (Lipinski definition) is 3. The van der Waals surface area contributed by atoms with Gasteiger partial charge in [-0.25, -0.2) is 0 Å². The maximum absolute atomic E-state index is 11.1. The minimum atomic E-state index is 0.328. The van der Waals surface area contributed by atoms with Gasteiger partial charge >= 0.3 is 0 Å². The molecular formula is C17H16BrClO3. The Hall–Kier alpha value is -1.52. The van der Waals surface area contributed by atoms with Gasteiger partial charge in [-0.1, -0.05) is 23.7 Å². The number of carbonyl (C=O) groups excluding carboxylic acids is 1. The lowest BCUT2D eigenvalue weighted by molar-refractivity contribution is 0.111. The summed E-state index contributed by atoms with van der Waals surface area (Å²) in [5.41, 5.74) is 2.63. The van der Waals surface area contributed by atoms with E-state index in [2.05, 4.69) is 15.9 Å². The average Bonchev–Trinajstić information content (AvgIpc) is 2.48. The van der Waals surface area contributed by atoms with Gasteiger partial charge in [0.25, 0.3) is 0 Å². The van der Waals surface area contributed by atoms with Gasteiger partial charge in [0.15, 0.2) is 6.29 Å². The number of hydrogen-bond donors (Lipinski definition) is 0. The summed E-state index contributed by atoms with van der Waals surface area (Å²) in [7, 11) is 0. The van der Waals surface area contributed by atoms with Crippen LogP contribution in [0.25, 0.3) is 0 Å². The Morgan fingerprint density at radius 2 is 1.86 bits per heavy atom. The van der Waals surface area contributed by atoms with Crippen molar-refractivity contribution in [1.29, 1.82) is 0 Å². The quantitative estimate of drug-likeness (QED) is 0.521. The van der Waals surface area contributed by atoms with E-state index in [1.807, 2.05) is 32.0 Å². The fraction of sp³-hybridized carbons (Fsp3) is 0.235. The first-order chi connectivity index (χ1) is 10.5. The Kier molecular flexibility index (Phi) is 5.86. The summed E-state index contributed by atoms with van der Waals surface area (Å²) in [6.45, 7) is 4.73. The molecule has 0 saturated heterocycles. The zero-order chi connectivity index (χ0) is 16.1. The topological polar surface area (TPSA) is 35.5 Å². The van der Waals surface area contributed by atoms with Crippen LogP contribution in [0.1, 0.15) is 21.5 Å². The van der Waals surface area contributed by atoms with E-state index < -0.39 is 0 Å². The zero-order valence-electron chi connectivity index (χ0n) is 12.4. The molecule has 0 N–H and O–H groups in total. The minimum absolute atomic E-state index is 0.328. The molecule has 0 amide bonds. The van der Waals surface area contributed by atoms with Gasteiger partial charge in [-0.15, -0.1) is 0 Å². The third-order valence-electron chi connectivity index (χ3n) is 3.10. The highest BCUT2D eigenvalue weighted by Gasteiger charge is 2.10. The lowest BCUT2D eigenvalue weighted by Crippen LogP contribution is -2.11. The maximum atomic E-state index is 11.1. The SMILES string of the molecule is Cc1ccc(C)c(OCCOc2c(Br)cc(Cl)cc2C=O)c1. The number of aldehydes is 1. The van der Waals surface area contributed by atoms with Crippen LogP contribution in [0.2, 0.25) is 5.02 Å². The number of ether oxygens (including phenoxy) is 2. The highest BCUT2D eigenvalue weighted by molar-refractivity contribution is 9.10. The van der Waals surface area contributed by atoms with E-state index in [0.717, 1.165) is 23.2 Å². The molecule has 0 aromatic heterocycles.